The van der Waals surface area contributed by atoms with Crippen LogP contribution in [0.4, 0.5) is 0 Å². The molecule has 1 aromatic rings. The number of likely N-dealkylation sites (N-methyl/N-ethyl adjacent to an activating group) is 1. The number of nitrogens with one attached hydrogen (secondary N) is 1. The van der Waals surface area contributed by atoms with Gasteiger partial charge >= 0.3 is 0 Å². The molecule has 1 N–H and O–H groups in total. The van der Waals surface area contributed by atoms with Crippen LogP contribution >= 0.6 is 0 Å². The summed E-state index contributed by atoms with van der Waals surface area (Å²) in [6.07, 6.45) is 7.19. The summed E-state index contributed by atoms with van der Waals surface area (Å²) in [5, 5.41) is 7.80. The topological polar surface area (TPSA) is 50.2 Å². The SMILES string of the molecule is CCCn1cc(C2CCNC(C(=O)N(CC)CC)C2)cn1. The number of aryl methyl sites for hydroxylation is 1. The van der Waals surface area contributed by atoms with Gasteiger partial charge in [0.05, 0.1) is 12.2 Å². The summed E-state index contributed by atoms with van der Waals surface area (Å²) in [7, 11) is 0. The third kappa shape index (κ3) is 3.84. The first kappa shape index (κ1) is 16.0. The van der Waals surface area contributed by atoms with Gasteiger partial charge in [-0.3, -0.25) is 9.48 Å². The maximum absolute atomic E-state index is 12.5. The van der Waals surface area contributed by atoms with E-state index in [4.69, 9.17) is 0 Å². The smallest absolute Gasteiger partial charge is 0.239 e. The summed E-state index contributed by atoms with van der Waals surface area (Å²) in [5.41, 5.74) is 1.28. The molecule has 1 fully saturated rings. The number of rotatable bonds is 6. The molecule has 0 spiro atoms. The Kier molecular flexibility index (Phi) is 5.79. The van der Waals surface area contributed by atoms with Crippen molar-refractivity contribution in [2.75, 3.05) is 19.6 Å². The van der Waals surface area contributed by atoms with Gasteiger partial charge in [-0.05, 0) is 51.1 Å². The zero-order chi connectivity index (χ0) is 15.2. The van der Waals surface area contributed by atoms with Gasteiger partial charge in [-0.25, -0.2) is 0 Å². The van der Waals surface area contributed by atoms with Crippen LogP contribution in [0, 0.1) is 0 Å². The molecular weight excluding hydrogens is 264 g/mol. The lowest BCUT2D eigenvalue weighted by molar-refractivity contribution is -0.133. The van der Waals surface area contributed by atoms with Gasteiger partial charge in [-0.2, -0.15) is 5.10 Å². The molecule has 2 rings (SSSR count). The fourth-order valence-electron chi connectivity index (χ4n) is 3.11. The Morgan fingerprint density at radius 1 is 1.43 bits per heavy atom. The first-order chi connectivity index (χ1) is 10.2. The highest BCUT2D eigenvalue weighted by Gasteiger charge is 2.30. The Labute approximate surface area is 127 Å². The van der Waals surface area contributed by atoms with Gasteiger partial charge in [0.15, 0.2) is 0 Å². The molecule has 0 saturated carbocycles. The lowest BCUT2D eigenvalue weighted by atomic mass is 9.87. The minimum absolute atomic E-state index is 0.0434. The number of carbonyl (C=O) groups excluding carboxylic acids is 1. The van der Waals surface area contributed by atoms with Gasteiger partial charge in [0, 0.05) is 25.8 Å². The Bertz CT molecular complexity index is 453. The van der Waals surface area contributed by atoms with Gasteiger partial charge in [0.1, 0.15) is 0 Å². The summed E-state index contributed by atoms with van der Waals surface area (Å²) in [6.45, 7) is 9.67. The summed E-state index contributed by atoms with van der Waals surface area (Å²) in [4.78, 5) is 14.4. The minimum Gasteiger partial charge on any atom is -0.342 e. The second-order valence-corrected chi connectivity index (χ2v) is 5.78. The molecule has 21 heavy (non-hydrogen) atoms. The monoisotopic (exact) mass is 292 g/mol. The van der Waals surface area contributed by atoms with Crippen LogP contribution in [-0.2, 0) is 11.3 Å². The van der Waals surface area contributed by atoms with Crippen LogP contribution in [0.5, 0.6) is 0 Å². The van der Waals surface area contributed by atoms with Crippen LogP contribution in [0.2, 0.25) is 0 Å². The number of nitrogens with zero attached hydrogens (tertiary/aromatic N) is 3. The number of hydrogen-bond acceptors (Lipinski definition) is 3. The maximum atomic E-state index is 12.5. The van der Waals surface area contributed by atoms with Crippen molar-refractivity contribution in [1.82, 2.24) is 20.0 Å². The normalized spacial score (nSPS) is 22.2. The van der Waals surface area contributed by atoms with Crippen LogP contribution in [0.15, 0.2) is 12.4 Å². The van der Waals surface area contributed by atoms with Crippen LogP contribution in [0.1, 0.15) is 51.5 Å². The molecule has 0 bridgehead atoms. The minimum atomic E-state index is -0.0434. The lowest BCUT2D eigenvalue weighted by Gasteiger charge is -2.32. The van der Waals surface area contributed by atoms with Crippen LogP contribution in [0.3, 0.4) is 0 Å². The molecule has 5 heteroatoms. The van der Waals surface area contributed by atoms with E-state index < -0.39 is 0 Å². The summed E-state index contributed by atoms with van der Waals surface area (Å²) < 4.78 is 2.01. The van der Waals surface area contributed by atoms with Crippen molar-refractivity contribution in [3.05, 3.63) is 18.0 Å². The molecule has 0 aromatic carbocycles. The zero-order valence-corrected chi connectivity index (χ0v) is 13.5. The average Bonchev–Trinajstić information content (AvgIpc) is 2.97. The molecule has 5 nitrogen and oxygen atoms in total. The number of piperidine rings is 1. The van der Waals surface area contributed by atoms with Crippen molar-refractivity contribution >= 4 is 5.91 Å². The third-order valence-electron chi connectivity index (χ3n) is 4.35. The van der Waals surface area contributed by atoms with Crippen molar-refractivity contribution in [3.8, 4) is 0 Å². The van der Waals surface area contributed by atoms with E-state index in [-0.39, 0.29) is 11.9 Å². The third-order valence-corrected chi connectivity index (χ3v) is 4.35. The van der Waals surface area contributed by atoms with E-state index in [1.807, 2.05) is 29.6 Å². The fraction of sp³-hybridized carbons (Fsp3) is 0.750. The highest BCUT2D eigenvalue weighted by molar-refractivity contribution is 5.82. The second-order valence-electron chi connectivity index (χ2n) is 5.78. The number of carbonyl (C=O) groups is 1. The van der Waals surface area contributed by atoms with Crippen molar-refractivity contribution in [2.45, 2.75) is 58.5 Å². The van der Waals surface area contributed by atoms with Crippen LogP contribution < -0.4 is 5.32 Å². The molecule has 118 valence electrons. The quantitative estimate of drug-likeness (QED) is 0.872. The molecule has 2 unspecified atom stereocenters. The van der Waals surface area contributed by atoms with E-state index in [1.165, 1.54) is 5.56 Å². The Balaban J connectivity index is 2.01. The average molecular weight is 292 g/mol. The molecule has 1 aromatic heterocycles. The Hall–Kier alpha value is -1.36. The van der Waals surface area contributed by atoms with Gasteiger partial charge in [0.2, 0.25) is 5.91 Å². The van der Waals surface area contributed by atoms with Crippen molar-refractivity contribution in [3.63, 3.8) is 0 Å². The molecule has 2 atom stereocenters. The molecule has 0 radical (unpaired) electrons. The predicted molar refractivity (Wildman–Crippen MR) is 84.2 cm³/mol. The van der Waals surface area contributed by atoms with Crippen molar-refractivity contribution in [2.24, 2.45) is 0 Å². The highest BCUT2D eigenvalue weighted by atomic mass is 16.2. The number of hydrogen-bond donors (Lipinski definition) is 1. The van der Waals surface area contributed by atoms with E-state index in [0.29, 0.717) is 5.92 Å². The lowest BCUT2D eigenvalue weighted by Crippen LogP contribution is -2.49. The van der Waals surface area contributed by atoms with Crippen molar-refractivity contribution in [1.29, 1.82) is 0 Å². The van der Waals surface area contributed by atoms with Gasteiger partial charge in [-0.1, -0.05) is 6.92 Å². The fourth-order valence-corrected chi connectivity index (χ4v) is 3.11. The van der Waals surface area contributed by atoms with E-state index in [9.17, 15) is 4.79 Å². The Morgan fingerprint density at radius 2 is 2.19 bits per heavy atom. The standard InChI is InChI=1S/C16H28N4O/c1-4-9-20-12-14(11-18-20)13-7-8-17-15(10-13)16(21)19(5-2)6-3/h11-13,15,17H,4-10H2,1-3H3. The maximum Gasteiger partial charge on any atom is 0.239 e. The van der Waals surface area contributed by atoms with Gasteiger partial charge in [0.25, 0.3) is 0 Å². The van der Waals surface area contributed by atoms with Crippen molar-refractivity contribution < 1.29 is 4.79 Å². The zero-order valence-electron chi connectivity index (χ0n) is 13.5. The molecule has 1 saturated heterocycles. The molecule has 1 aliphatic heterocycles. The second kappa shape index (κ2) is 7.59. The first-order valence-corrected chi connectivity index (χ1v) is 8.24. The van der Waals surface area contributed by atoms with E-state index in [2.05, 4.69) is 23.5 Å². The number of aromatic nitrogens is 2. The molecule has 1 amide bonds. The largest absolute Gasteiger partial charge is 0.342 e. The summed E-state index contributed by atoms with van der Waals surface area (Å²) in [5.74, 6) is 0.687. The van der Waals surface area contributed by atoms with Crippen LogP contribution in [-0.4, -0.2) is 46.3 Å². The van der Waals surface area contributed by atoms with Crippen LogP contribution in [0.25, 0.3) is 0 Å². The Morgan fingerprint density at radius 3 is 2.86 bits per heavy atom. The highest BCUT2D eigenvalue weighted by Crippen LogP contribution is 2.28. The van der Waals surface area contributed by atoms with E-state index >= 15 is 0 Å². The molecular formula is C16H28N4O. The molecule has 0 aliphatic carbocycles. The molecule has 2 heterocycles. The first-order valence-electron chi connectivity index (χ1n) is 8.24. The van der Waals surface area contributed by atoms with Gasteiger partial charge < -0.3 is 10.2 Å². The summed E-state index contributed by atoms with van der Waals surface area (Å²) >= 11 is 0. The van der Waals surface area contributed by atoms with Gasteiger partial charge in [-0.15, -0.1) is 0 Å². The summed E-state index contributed by atoms with van der Waals surface area (Å²) in [6, 6.07) is -0.0434. The number of amides is 1. The van der Waals surface area contributed by atoms with E-state index in [1.54, 1.807) is 0 Å². The van der Waals surface area contributed by atoms with E-state index in [0.717, 1.165) is 45.4 Å². The predicted octanol–water partition coefficient (Wildman–Crippen LogP) is 2.00. The molecule has 1 aliphatic rings.